The van der Waals surface area contributed by atoms with E-state index in [1.165, 1.54) is 70.6 Å². The smallest absolute Gasteiger partial charge is 0.0495 e. The summed E-state index contributed by atoms with van der Waals surface area (Å²) in [7, 11) is 0. The van der Waals surface area contributed by atoms with Gasteiger partial charge in [-0.25, -0.2) is 0 Å². The van der Waals surface area contributed by atoms with Gasteiger partial charge in [-0.05, 0) is 37.0 Å². The third-order valence-electron chi connectivity index (χ3n) is 5.51. The summed E-state index contributed by atoms with van der Waals surface area (Å²) in [6.45, 7) is 15.1. The second-order valence-electron chi connectivity index (χ2n) is 8.58. The molecule has 0 rings (SSSR count). The van der Waals surface area contributed by atoms with E-state index in [1.54, 1.807) is 0 Å². The van der Waals surface area contributed by atoms with Crippen molar-refractivity contribution in [1.82, 2.24) is 0 Å². The highest BCUT2D eigenvalue weighted by atomic mass is 16.5. The Bertz CT molecular complexity index is 267. The number of unbranched alkanes of at least 4 members (excludes halogenated alkanes) is 6. The van der Waals surface area contributed by atoms with Crippen LogP contribution in [0.3, 0.4) is 0 Å². The van der Waals surface area contributed by atoms with Gasteiger partial charge in [-0.3, -0.25) is 0 Å². The first-order valence-electron chi connectivity index (χ1n) is 11.8. The third-order valence-corrected chi connectivity index (χ3v) is 5.51. The van der Waals surface area contributed by atoms with Crippen LogP contribution in [-0.2, 0) is 9.47 Å². The van der Waals surface area contributed by atoms with Crippen LogP contribution in [0.4, 0.5) is 0 Å². The van der Waals surface area contributed by atoms with E-state index in [9.17, 15) is 0 Å². The molecule has 0 aliphatic heterocycles. The molecular formula is C24H50O2. The molecule has 0 aromatic heterocycles. The zero-order valence-corrected chi connectivity index (χ0v) is 18.9. The van der Waals surface area contributed by atoms with Gasteiger partial charge < -0.3 is 9.47 Å². The molecule has 3 unspecified atom stereocenters. The number of rotatable bonds is 20. The highest BCUT2D eigenvalue weighted by Gasteiger charge is 2.09. The van der Waals surface area contributed by atoms with Crippen molar-refractivity contribution >= 4 is 0 Å². The molecule has 0 fully saturated rings. The molecule has 26 heavy (non-hydrogen) atoms. The Labute approximate surface area is 165 Å². The lowest BCUT2D eigenvalue weighted by atomic mass is 10.0. The Hall–Kier alpha value is -0.0800. The maximum Gasteiger partial charge on any atom is 0.0495 e. The fourth-order valence-corrected chi connectivity index (χ4v) is 3.38. The first kappa shape index (κ1) is 25.9. The Balaban J connectivity index is 3.57. The molecule has 0 saturated carbocycles. The van der Waals surface area contributed by atoms with E-state index in [2.05, 4.69) is 34.6 Å². The fourth-order valence-electron chi connectivity index (χ4n) is 3.38. The predicted molar refractivity (Wildman–Crippen MR) is 116 cm³/mol. The van der Waals surface area contributed by atoms with E-state index >= 15 is 0 Å². The topological polar surface area (TPSA) is 18.5 Å². The van der Waals surface area contributed by atoms with Gasteiger partial charge in [0, 0.05) is 26.4 Å². The normalized spacial score (nSPS) is 15.1. The Morgan fingerprint density at radius 1 is 0.577 bits per heavy atom. The van der Waals surface area contributed by atoms with Crippen molar-refractivity contribution in [3.63, 3.8) is 0 Å². The van der Waals surface area contributed by atoms with Crippen molar-refractivity contribution in [2.75, 3.05) is 26.4 Å². The Morgan fingerprint density at radius 3 is 1.73 bits per heavy atom. The molecule has 0 aliphatic rings. The van der Waals surface area contributed by atoms with Crippen molar-refractivity contribution in [3.05, 3.63) is 0 Å². The van der Waals surface area contributed by atoms with Gasteiger partial charge in [-0.2, -0.15) is 0 Å². The lowest BCUT2D eigenvalue weighted by Gasteiger charge is -2.18. The summed E-state index contributed by atoms with van der Waals surface area (Å²) in [6.07, 6.45) is 15.9. The van der Waals surface area contributed by atoms with Crippen LogP contribution >= 0.6 is 0 Å². The molecule has 0 radical (unpaired) electrons. The average Bonchev–Trinajstić information content (AvgIpc) is 2.63. The van der Waals surface area contributed by atoms with Crippen molar-refractivity contribution in [1.29, 1.82) is 0 Å². The summed E-state index contributed by atoms with van der Waals surface area (Å²) in [5.74, 6) is 2.06. The minimum Gasteiger partial charge on any atom is -0.381 e. The summed E-state index contributed by atoms with van der Waals surface area (Å²) < 4.78 is 11.9. The molecule has 0 spiro atoms. The van der Waals surface area contributed by atoms with Crippen LogP contribution < -0.4 is 0 Å². The average molecular weight is 371 g/mol. The Morgan fingerprint density at radius 2 is 1.12 bits per heavy atom. The summed E-state index contributed by atoms with van der Waals surface area (Å²) in [5.41, 5.74) is 0. The highest BCUT2D eigenvalue weighted by Crippen LogP contribution is 2.15. The second kappa shape index (κ2) is 19.7. The molecule has 0 aromatic carbocycles. The minimum atomic E-state index is 0.655. The van der Waals surface area contributed by atoms with Gasteiger partial charge in [0.25, 0.3) is 0 Å². The fraction of sp³-hybridized carbons (Fsp3) is 1.00. The van der Waals surface area contributed by atoms with Crippen LogP contribution in [-0.4, -0.2) is 26.4 Å². The van der Waals surface area contributed by atoms with Crippen LogP contribution in [0.5, 0.6) is 0 Å². The van der Waals surface area contributed by atoms with Gasteiger partial charge in [0.1, 0.15) is 0 Å². The van der Waals surface area contributed by atoms with Crippen LogP contribution in [0.1, 0.15) is 112 Å². The molecule has 0 N–H and O–H groups in total. The van der Waals surface area contributed by atoms with Gasteiger partial charge in [-0.1, -0.05) is 92.4 Å². The standard InChI is InChI=1S/C24H50O2/c1-6-9-11-12-14-16-22(4)19-25-18-17-24(8-3)21-26-20-23(5)15-13-10-7-2/h22-24H,6-21H2,1-5H3. The maximum absolute atomic E-state index is 5.99. The molecule has 0 amide bonds. The first-order chi connectivity index (χ1) is 12.6. The van der Waals surface area contributed by atoms with Gasteiger partial charge in [-0.15, -0.1) is 0 Å². The SMILES string of the molecule is CCCCCCCC(C)COCCC(CC)COCC(C)CCCCC. The summed E-state index contributed by atoms with van der Waals surface area (Å²) in [6, 6.07) is 0. The van der Waals surface area contributed by atoms with E-state index in [1.807, 2.05) is 0 Å². The molecule has 2 heteroatoms. The van der Waals surface area contributed by atoms with Gasteiger partial charge in [0.2, 0.25) is 0 Å². The van der Waals surface area contributed by atoms with E-state index in [-0.39, 0.29) is 0 Å². The maximum atomic E-state index is 5.99. The van der Waals surface area contributed by atoms with Gasteiger partial charge in [0.15, 0.2) is 0 Å². The zero-order valence-electron chi connectivity index (χ0n) is 18.9. The molecule has 0 bridgehead atoms. The highest BCUT2D eigenvalue weighted by molar-refractivity contribution is 4.59. The third kappa shape index (κ3) is 17.3. The molecule has 3 atom stereocenters. The van der Waals surface area contributed by atoms with Crippen LogP contribution in [0, 0.1) is 17.8 Å². The van der Waals surface area contributed by atoms with Crippen molar-refractivity contribution in [3.8, 4) is 0 Å². The van der Waals surface area contributed by atoms with Gasteiger partial charge in [0.05, 0.1) is 0 Å². The number of hydrogen-bond donors (Lipinski definition) is 0. The molecule has 0 aromatic rings. The minimum absolute atomic E-state index is 0.655. The largest absolute Gasteiger partial charge is 0.381 e. The Kier molecular flexibility index (Phi) is 19.6. The summed E-state index contributed by atoms with van der Waals surface area (Å²) >= 11 is 0. The van der Waals surface area contributed by atoms with Crippen LogP contribution in [0.15, 0.2) is 0 Å². The number of ether oxygens (including phenoxy) is 2. The predicted octanol–water partition coefficient (Wildman–Crippen LogP) is 7.65. The van der Waals surface area contributed by atoms with Crippen molar-refractivity contribution in [2.45, 2.75) is 112 Å². The summed E-state index contributed by atoms with van der Waals surface area (Å²) in [4.78, 5) is 0. The second-order valence-corrected chi connectivity index (χ2v) is 8.58. The van der Waals surface area contributed by atoms with E-state index in [0.717, 1.165) is 32.8 Å². The molecule has 158 valence electrons. The molecule has 2 nitrogen and oxygen atoms in total. The van der Waals surface area contributed by atoms with Crippen molar-refractivity contribution < 1.29 is 9.47 Å². The summed E-state index contributed by atoms with van der Waals surface area (Å²) in [5, 5.41) is 0. The lowest BCUT2D eigenvalue weighted by molar-refractivity contribution is 0.0461. The zero-order chi connectivity index (χ0) is 19.5. The quantitative estimate of drug-likeness (QED) is 0.205. The lowest BCUT2D eigenvalue weighted by Crippen LogP contribution is -2.16. The van der Waals surface area contributed by atoms with E-state index < -0.39 is 0 Å². The molecule has 0 saturated heterocycles. The van der Waals surface area contributed by atoms with Crippen LogP contribution in [0.2, 0.25) is 0 Å². The van der Waals surface area contributed by atoms with Crippen molar-refractivity contribution in [2.24, 2.45) is 17.8 Å². The monoisotopic (exact) mass is 370 g/mol. The first-order valence-corrected chi connectivity index (χ1v) is 11.8. The molecule has 0 aliphatic carbocycles. The molecular weight excluding hydrogens is 320 g/mol. The molecule has 0 heterocycles. The van der Waals surface area contributed by atoms with Crippen LogP contribution in [0.25, 0.3) is 0 Å². The van der Waals surface area contributed by atoms with E-state index in [4.69, 9.17) is 9.47 Å². The van der Waals surface area contributed by atoms with E-state index in [0.29, 0.717) is 17.8 Å². The number of hydrogen-bond acceptors (Lipinski definition) is 2. The van der Waals surface area contributed by atoms with Gasteiger partial charge >= 0.3 is 0 Å².